The van der Waals surface area contributed by atoms with Gasteiger partial charge in [-0.15, -0.1) is 11.6 Å². The molecule has 1 heterocycles. The number of fused-ring (bicyclic) bond motifs is 1. The Morgan fingerprint density at radius 1 is 1.23 bits per heavy atom. The highest BCUT2D eigenvalue weighted by Crippen LogP contribution is 2.38. The molecule has 0 amide bonds. The fourth-order valence-corrected chi connectivity index (χ4v) is 4.44. The Kier molecular flexibility index (Phi) is 8.73. The number of nitrogens with one attached hydrogen (secondary N) is 2. The highest BCUT2D eigenvalue weighted by molar-refractivity contribution is 6.21. The van der Waals surface area contributed by atoms with Crippen LogP contribution < -0.4 is 15.5 Å². The lowest BCUT2D eigenvalue weighted by atomic mass is 9.94. The Bertz CT molecular complexity index is 836. The molecule has 3 rings (SSSR count). The molecule has 0 saturated heterocycles. The molecule has 0 spiro atoms. The summed E-state index contributed by atoms with van der Waals surface area (Å²) in [5, 5.41) is 6.87. The lowest BCUT2D eigenvalue weighted by molar-refractivity contribution is 0.504. The number of alkyl halides is 1. The van der Waals surface area contributed by atoms with Crippen molar-refractivity contribution in [2.75, 3.05) is 31.1 Å². The van der Waals surface area contributed by atoms with Gasteiger partial charge in [-0.25, -0.2) is 9.97 Å². The molecule has 0 bridgehead atoms. The van der Waals surface area contributed by atoms with Crippen LogP contribution in [0.3, 0.4) is 0 Å². The number of hydrogen-bond acceptors (Lipinski definition) is 5. The molecule has 1 aromatic carbocycles. The van der Waals surface area contributed by atoms with E-state index in [9.17, 15) is 0 Å². The van der Waals surface area contributed by atoms with Crippen LogP contribution in [-0.2, 0) is 6.42 Å². The minimum Gasteiger partial charge on any atom is -0.390 e. The van der Waals surface area contributed by atoms with Crippen molar-refractivity contribution in [3.63, 3.8) is 0 Å². The van der Waals surface area contributed by atoms with Gasteiger partial charge >= 0.3 is 0 Å². The Labute approximate surface area is 192 Å². The number of hydrogen-bond donors (Lipinski definition) is 2. The van der Waals surface area contributed by atoms with E-state index < -0.39 is 0 Å². The standard InChI is InChI=1S/C25H36ClN5/c1-5-27-13-15-31(25-22-10-11-23(26)24(22)29-17-30-25)14-12-21(16-28-18(2)3)20-8-6-19(4)7-9-20/h5-9,17-18,21,23,27-28H,1,10-16H2,2-4H3. The average Bonchev–Trinajstić information content (AvgIpc) is 3.14. The third-order valence-corrected chi connectivity index (χ3v) is 6.36. The van der Waals surface area contributed by atoms with Crippen LogP contribution in [0, 0.1) is 6.92 Å². The molecular formula is C25H36ClN5. The van der Waals surface area contributed by atoms with E-state index in [2.05, 4.69) is 77.1 Å². The predicted octanol–water partition coefficient (Wildman–Crippen LogP) is 4.72. The largest absolute Gasteiger partial charge is 0.390 e. The van der Waals surface area contributed by atoms with Crippen molar-refractivity contribution in [1.82, 2.24) is 20.6 Å². The molecule has 1 aliphatic carbocycles. The topological polar surface area (TPSA) is 53.1 Å². The molecule has 31 heavy (non-hydrogen) atoms. The third kappa shape index (κ3) is 6.44. The minimum absolute atomic E-state index is 0.000416. The zero-order chi connectivity index (χ0) is 22.2. The van der Waals surface area contributed by atoms with E-state index in [4.69, 9.17) is 11.6 Å². The molecule has 0 fully saturated rings. The maximum atomic E-state index is 6.49. The maximum Gasteiger partial charge on any atom is 0.135 e. The summed E-state index contributed by atoms with van der Waals surface area (Å²) in [6.45, 7) is 13.9. The maximum absolute atomic E-state index is 6.49. The Morgan fingerprint density at radius 3 is 2.71 bits per heavy atom. The van der Waals surface area contributed by atoms with E-state index in [0.29, 0.717) is 12.0 Å². The fraction of sp³-hybridized carbons (Fsp3) is 0.520. The molecule has 2 N–H and O–H groups in total. The van der Waals surface area contributed by atoms with Crippen LogP contribution in [0.5, 0.6) is 0 Å². The van der Waals surface area contributed by atoms with Crippen molar-refractivity contribution < 1.29 is 0 Å². The van der Waals surface area contributed by atoms with Crippen molar-refractivity contribution in [3.05, 3.63) is 65.8 Å². The fourth-order valence-electron chi connectivity index (χ4n) is 4.15. The van der Waals surface area contributed by atoms with Crippen molar-refractivity contribution in [2.24, 2.45) is 0 Å². The van der Waals surface area contributed by atoms with E-state index in [0.717, 1.165) is 57.0 Å². The van der Waals surface area contributed by atoms with E-state index in [1.165, 1.54) is 16.7 Å². The van der Waals surface area contributed by atoms with Gasteiger partial charge in [0.15, 0.2) is 0 Å². The molecule has 2 unspecified atom stereocenters. The lowest BCUT2D eigenvalue weighted by Crippen LogP contribution is -2.35. The first-order chi connectivity index (χ1) is 15.0. The van der Waals surface area contributed by atoms with Gasteiger partial charge in [0.2, 0.25) is 0 Å². The van der Waals surface area contributed by atoms with Gasteiger partial charge < -0.3 is 15.5 Å². The van der Waals surface area contributed by atoms with E-state index in [1.807, 2.05) is 0 Å². The summed E-state index contributed by atoms with van der Waals surface area (Å²) in [7, 11) is 0. The zero-order valence-corrected chi connectivity index (χ0v) is 19.8. The van der Waals surface area contributed by atoms with Crippen LogP contribution in [-0.4, -0.2) is 42.2 Å². The minimum atomic E-state index is 0.000416. The quantitative estimate of drug-likeness (QED) is 0.368. The third-order valence-electron chi connectivity index (χ3n) is 5.94. The van der Waals surface area contributed by atoms with Gasteiger partial charge in [0.25, 0.3) is 0 Å². The Morgan fingerprint density at radius 2 is 2.00 bits per heavy atom. The normalized spacial score (nSPS) is 16.2. The Hall–Kier alpha value is -2.11. The van der Waals surface area contributed by atoms with Crippen molar-refractivity contribution >= 4 is 17.4 Å². The summed E-state index contributed by atoms with van der Waals surface area (Å²) < 4.78 is 0. The van der Waals surface area contributed by atoms with Crippen LogP contribution in [0.1, 0.15) is 60.4 Å². The van der Waals surface area contributed by atoms with Crippen LogP contribution >= 0.6 is 11.6 Å². The summed E-state index contributed by atoms with van der Waals surface area (Å²) in [5.41, 5.74) is 4.90. The van der Waals surface area contributed by atoms with E-state index in [-0.39, 0.29) is 5.38 Å². The van der Waals surface area contributed by atoms with Gasteiger partial charge in [-0.1, -0.05) is 50.3 Å². The number of anilines is 1. The number of aromatic nitrogens is 2. The second-order valence-electron chi connectivity index (χ2n) is 8.67. The van der Waals surface area contributed by atoms with Crippen molar-refractivity contribution in [3.8, 4) is 0 Å². The van der Waals surface area contributed by atoms with Crippen LogP contribution in [0.2, 0.25) is 0 Å². The molecule has 6 heteroatoms. The van der Waals surface area contributed by atoms with Crippen molar-refractivity contribution in [1.29, 1.82) is 0 Å². The average molecular weight is 442 g/mol. The van der Waals surface area contributed by atoms with Crippen LogP contribution in [0.4, 0.5) is 5.82 Å². The van der Waals surface area contributed by atoms with E-state index in [1.54, 1.807) is 12.5 Å². The van der Waals surface area contributed by atoms with Crippen molar-refractivity contribution in [2.45, 2.75) is 57.4 Å². The Balaban J connectivity index is 1.79. The second kappa shape index (κ2) is 11.5. The van der Waals surface area contributed by atoms with Crippen LogP contribution in [0.15, 0.2) is 43.4 Å². The number of rotatable bonds is 12. The molecular weight excluding hydrogens is 406 g/mol. The first-order valence-electron chi connectivity index (χ1n) is 11.4. The number of aryl methyl sites for hydroxylation is 1. The van der Waals surface area contributed by atoms with Gasteiger partial charge in [0.1, 0.15) is 12.1 Å². The number of benzene rings is 1. The molecule has 0 radical (unpaired) electrons. The van der Waals surface area contributed by atoms with Gasteiger partial charge in [0.05, 0.1) is 11.1 Å². The molecule has 168 valence electrons. The van der Waals surface area contributed by atoms with Gasteiger partial charge in [-0.3, -0.25) is 0 Å². The summed E-state index contributed by atoms with van der Waals surface area (Å²) in [6, 6.07) is 9.42. The van der Waals surface area contributed by atoms with Crippen LogP contribution in [0.25, 0.3) is 0 Å². The SMILES string of the molecule is C=CNCCN(CCC(CNC(C)C)c1ccc(C)cc1)c1ncnc2c1CCC2Cl. The molecule has 2 aromatic rings. The molecule has 2 atom stereocenters. The summed E-state index contributed by atoms with van der Waals surface area (Å²) >= 11 is 6.49. The highest BCUT2D eigenvalue weighted by atomic mass is 35.5. The molecule has 1 aliphatic rings. The molecule has 0 aliphatic heterocycles. The first kappa shape index (κ1) is 23.6. The van der Waals surface area contributed by atoms with Gasteiger partial charge in [-0.05, 0) is 43.9 Å². The summed E-state index contributed by atoms with van der Waals surface area (Å²) in [4.78, 5) is 11.5. The molecule has 5 nitrogen and oxygen atoms in total. The smallest absolute Gasteiger partial charge is 0.135 e. The summed E-state index contributed by atoms with van der Waals surface area (Å²) in [6.07, 6.45) is 6.34. The monoisotopic (exact) mass is 441 g/mol. The second-order valence-corrected chi connectivity index (χ2v) is 9.20. The molecule has 0 saturated carbocycles. The summed E-state index contributed by atoms with van der Waals surface area (Å²) in [5.74, 6) is 1.48. The van der Waals surface area contributed by atoms with Gasteiger partial charge in [-0.2, -0.15) is 0 Å². The lowest BCUT2D eigenvalue weighted by Gasteiger charge is -2.28. The zero-order valence-electron chi connectivity index (χ0n) is 19.1. The predicted molar refractivity (Wildman–Crippen MR) is 131 cm³/mol. The van der Waals surface area contributed by atoms with Gasteiger partial charge in [0, 0.05) is 37.8 Å². The first-order valence-corrected chi connectivity index (χ1v) is 11.8. The number of halogens is 1. The highest BCUT2D eigenvalue weighted by Gasteiger charge is 2.27. The number of nitrogens with zero attached hydrogens (tertiary/aromatic N) is 3. The molecule has 1 aromatic heterocycles. The van der Waals surface area contributed by atoms with E-state index >= 15 is 0 Å².